The maximum Gasteiger partial charge on any atom is 0.232 e. The van der Waals surface area contributed by atoms with Crippen LogP contribution in [0.4, 0.5) is 0 Å². The number of amides is 3. The average molecular weight is 314 g/mol. The van der Waals surface area contributed by atoms with Gasteiger partial charge < -0.3 is 15.2 Å². The van der Waals surface area contributed by atoms with E-state index in [1.54, 1.807) is 0 Å². The van der Waals surface area contributed by atoms with Gasteiger partial charge in [0.1, 0.15) is 0 Å². The van der Waals surface area contributed by atoms with Gasteiger partial charge in [-0.2, -0.15) is 0 Å². The third-order valence-corrected chi connectivity index (χ3v) is 3.88. The maximum atomic E-state index is 12.5. The van der Waals surface area contributed by atoms with Crippen molar-refractivity contribution in [3.63, 3.8) is 0 Å². The summed E-state index contributed by atoms with van der Waals surface area (Å²) in [4.78, 5) is 35.9. The van der Waals surface area contributed by atoms with E-state index in [9.17, 15) is 14.4 Å². The van der Waals surface area contributed by atoms with Gasteiger partial charge in [0, 0.05) is 5.92 Å². The molecule has 0 spiro atoms. The normalized spacial score (nSPS) is 23.6. The van der Waals surface area contributed by atoms with Crippen molar-refractivity contribution in [1.29, 1.82) is 0 Å². The lowest BCUT2D eigenvalue weighted by Gasteiger charge is -2.34. The van der Waals surface area contributed by atoms with Crippen LogP contribution in [0.3, 0.4) is 0 Å². The van der Waals surface area contributed by atoms with Gasteiger partial charge >= 0.3 is 0 Å². The SMILES string of the molecule is CCC(C(=O)N(C=O)CC1OCC(C(N)=O)CO1)C(C)(C)C. The zero-order valence-corrected chi connectivity index (χ0v) is 13.7. The number of carbonyl (C=O) groups excluding carboxylic acids is 3. The minimum absolute atomic E-state index is 0.0143. The quantitative estimate of drug-likeness (QED) is 0.721. The van der Waals surface area contributed by atoms with E-state index >= 15 is 0 Å². The van der Waals surface area contributed by atoms with Gasteiger partial charge in [0.05, 0.1) is 25.7 Å². The molecule has 2 N–H and O–H groups in total. The predicted molar refractivity (Wildman–Crippen MR) is 79.4 cm³/mol. The van der Waals surface area contributed by atoms with Crippen molar-refractivity contribution in [2.45, 2.75) is 40.4 Å². The molecule has 1 aliphatic heterocycles. The molecule has 7 nitrogen and oxygen atoms in total. The van der Waals surface area contributed by atoms with Crippen LogP contribution in [-0.2, 0) is 23.9 Å². The summed E-state index contributed by atoms with van der Waals surface area (Å²) < 4.78 is 10.7. The summed E-state index contributed by atoms with van der Waals surface area (Å²) >= 11 is 0. The molecular weight excluding hydrogens is 288 g/mol. The number of hydrogen-bond acceptors (Lipinski definition) is 5. The second-order valence-electron chi connectivity index (χ2n) is 6.62. The predicted octanol–water partition coefficient (Wildman–Crippen LogP) is 0.518. The summed E-state index contributed by atoms with van der Waals surface area (Å²) in [6, 6.07) is 0. The Balaban J connectivity index is 2.64. The van der Waals surface area contributed by atoms with Gasteiger partial charge in [0.2, 0.25) is 18.2 Å². The highest BCUT2D eigenvalue weighted by molar-refractivity contribution is 5.88. The number of ether oxygens (including phenoxy) is 2. The molecular formula is C15H26N2O5. The lowest BCUT2D eigenvalue weighted by atomic mass is 9.78. The van der Waals surface area contributed by atoms with Crippen molar-refractivity contribution in [2.75, 3.05) is 19.8 Å². The molecule has 1 rings (SSSR count). The first-order valence-corrected chi connectivity index (χ1v) is 7.49. The molecule has 3 amide bonds. The Morgan fingerprint density at radius 2 is 1.86 bits per heavy atom. The number of nitrogens with two attached hydrogens (primary N) is 1. The van der Waals surface area contributed by atoms with E-state index in [0.717, 1.165) is 4.90 Å². The van der Waals surface area contributed by atoms with Crippen LogP contribution in [0.1, 0.15) is 34.1 Å². The molecule has 126 valence electrons. The van der Waals surface area contributed by atoms with Crippen LogP contribution in [0, 0.1) is 17.3 Å². The molecule has 1 aliphatic rings. The van der Waals surface area contributed by atoms with Crippen molar-refractivity contribution < 1.29 is 23.9 Å². The number of rotatable bonds is 6. The highest BCUT2D eigenvalue weighted by Gasteiger charge is 2.35. The minimum atomic E-state index is -0.720. The Kier molecular flexibility index (Phi) is 6.49. The van der Waals surface area contributed by atoms with Crippen molar-refractivity contribution >= 4 is 18.2 Å². The second-order valence-corrected chi connectivity index (χ2v) is 6.62. The van der Waals surface area contributed by atoms with E-state index in [0.29, 0.717) is 12.8 Å². The van der Waals surface area contributed by atoms with E-state index < -0.39 is 18.1 Å². The Hall–Kier alpha value is -1.47. The summed E-state index contributed by atoms with van der Waals surface area (Å²) in [7, 11) is 0. The third kappa shape index (κ3) is 4.78. The van der Waals surface area contributed by atoms with Crippen LogP contribution >= 0.6 is 0 Å². The summed E-state index contributed by atoms with van der Waals surface area (Å²) in [6.45, 7) is 8.10. The number of primary amides is 1. The zero-order valence-electron chi connectivity index (χ0n) is 13.7. The molecule has 0 aliphatic carbocycles. The van der Waals surface area contributed by atoms with E-state index in [2.05, 4.69) is 0 Å². The molecule has 1 atom stereocenters. The molecule has 0 aromatic rings. The van der Waals surface area contributed by atoms with E-state index in [-0.39, 0.29) is 37.0 Å². The average Bonchev–Trinajstić information content (AvgIpc) is 2.44. The Labute approximate surface area is 131 Å². The third-order valence-electron chi connectivity index (χ3n) is 3.88. The summed E-state index contributed by atoms with van der Waals surface area (Å²) in [5.41, 5.74) is 4.94. The molecule has 1 saturated heterocycles. The van der Waals surface area contributed by atoms with Gasteiger partial charge in [-0.3, -0.25) is 19.3 Å². The number of carbonyl (C=O) groups is 3. The van der Waals surface area contributed by atoms with Crippen molar-refractivity contribution in [2.24, 2.45) is 23.0 Å². The van der Waals surface area contributed by atoms with E-state index in [4.69, 9.17) is 15.2 Å². The molecule has 0 bridgehead atoms. The summed E-state index contributed by atoms with van der Waals surface area (Å²) in [6.07, 6.45) is 0.425. The van der Waals surface area contributed by atoms with Gasteiger partial charge in [-0.15, -0.1) is 0 Å². The first-order valence-electron chi connectivity index (χ1n) is 7.49. The molecule has 0 radical (unpaired) electrons. The standard InChI is InChI=1S/C15H26N2O5/c1-5-11(15(2,3)4)14(20)17(9-18)6-12-21-7-10(8-22-12)13(16)19/h9-12H,5-8H2,1-4H3,(H2,16,19). The van der Waals surface area contributed by atoms with Crippen molar-refractivity contribution in [3.05, 3.63) is 0 Å². The van der Waals surface area contributed by atoms with Crippen LogP contribution in [-0.4, -0.2) is 49.2 Å². The van der Waals surface area contributed by atoms with Gasteiger partial charge in [-0.1, -0.05) is 27.7 Å². The Morgan fingerprint density at radius 3 is 2.23 bits per heavy atom. The van der Waals surface area contributed by atoms with Gasteiger partial charge in [0.15, 0.2) is 6.29 Å². The van der Waals surface area contributed by atoms with E-state index in [1.807, 2.05) is 27.7 Å². The van der Waals surface area contributed by atoms with Crippen LogP contribution in [0.15, 0.2) is 0 Å². The summed E-state index contributed by atoms with van der Waals surface area (Å²) in [5, 5.41) is 0. The Bertz CT molecular complexity index is 411. The lowest BCUT2D eigenvalue weighted by Crippen LogP contribution is -2.48. The first kappa shape index (κ1) is 18.6. The monoisotopic (exact) mass is 314 g/mol. The number of hydrogen-bond donors (Lipinski definition) is 1. The number of imide groups is 1. The van der Waals surface area contributed by atoms with Crippen LogP contribution < -0.4 is 5.73 Å². The fraction of sp³-hybridized carbons (Fsp3) is 0.800. The smallest absolute Gasteiger partial charge is 0.232 e. The van der Waals surface area contributed by atoms with Crippen LogP contribution in [0.2, 0.25) is 0 Å². The van der Waals surface area contributed by atoms with Crippen LogP contribution in [0.5, 0.6) is 0 Å². The van der Waals surface area contributed by atoms with Crippen molar-refractivity contribution in [1.82, 2.24) is 4.90 Å². The molecule has 0 aromatic carbocycles. The van der Waals surface area contributed by atoms with Gasteiger partial charge in [0.25, 0.3) is 0 Å². The fourth-order valence-corrected chi connectivity index (χ4v) is 2.52. The van der Waals surface area contributed by atoms with Gasteiger partial charge in [-0.05, 0) is 11.8 Å². The fourth-order valence-electron chi connectivity index (χ4n) is 2.52. The van der Waals surface area contributed by atoms with Gasteiger partial charge in [-0.25, -0.2) is 0 Å². The van der Waals surface area contributed by atoms with Crippen molar-refractivity contribution in [3.8, 4) is 0 Å². The highest BCUT2D eigenvalue weighted by Crippen LogP contribution is 2.30. The second kappa shape index (κ2) is 7.69. The molecule has 1 heterocycles. The molecule has 22 heavy (non-hydrogen) atoms. The van der Waals surface area contributed by atoms with Crippen LogP contribution in [0.25, 0.3) is 0 Å². The summed E-state index contributed by atoms with van der Waals surface area (Å²) in [5.74, 6) is -1.48. The molecule has 1 fully saturated rings. The molecule has 7 heteroatoms. The number of nitrogens with zero attached hydrogens (tertiary/aromatic N) is 1. The lowest BCUT2D eigenvalue weighted by molar-refractivity contribution is -0.207. The molecule has 0 aromatic heterocycles. The molecule has 0 saturated carbocycles. The molecule has 1 unspecified atom stereocenters. The minimum Gasteiger partial charge on any atom is -0.369 e. The topological polar surface area (TPSA) is 98.9 Å². The first-order chi connectivity index (χ1) is 10.2. The highest BCUT2D eigenvalue weighted by atomic mass is 16.7. The zero-order chi connectivity index (χ0) is 16.9. The van der Waals surface area contributed by atoms with E-state index in [1.165, 1.54) is 0 Å². The maximum absolute atomic E-state index is 12.5. The largest absolute Gasteiger partial charge is 0.369 e. The Morgan fingerprint density at radius 1 is 1.32 bits per heavy atom.